The van der Waals surface area contributed by atoms with E-state index in [1.165, 1.54) is 17.7 Å². The van der Waals surface area contributed by atoms with E-state index in [-0.39, 0.29) is 10.8 Å². The van der Waals surface area contributed by atoms with E-state index in [4.69, 9.17) is 0 Å². The van der Waals surface area contributed by atoms with Crippen molar-refractivity contribution < 1.29 is 13.2 Å². The Morgan fingerprint density at radius 1 is 1.19 bits per heavy atom. The van der Waals surface area contributed by atoms with E-state index in [2.05, 4.69) is 30.6 Å². The molecule has 2 N–H and O–H groups in total. The van der Waals surface area contributed by atoms with Crippen LogP contribution in [0.2, 0.25) is 0 Å². The second kappa shape index (κ2) is 8.54. The Morgan fingerprint density at radius 3 is 2.44 bits per heavy atom. The molecule has 2 atom stereocenters. The number of hydrogen-bond donors (Lipinski definition) is 2. The van der Waals surface area contributed by atoms with Crippen LogP contribution in [0.4, 0.5) is 0 Å². The molecule has 0 saturated carbocycles. The molecule has 0 aliphatic carbocycles. The number of rotatable bonds is 5. The van der Waals surface area contributed by atoms with Gasteiger partial charge < -0.3 is 10.6 Å². The normalized spacial score (nSPS) is 24.3. The summed E-state index contributed by atoms with van der Waals surface area (Å²) in [6.45, 7) is 7.59. The highest BCUT2D eigenvalue weighted by Crippen LogP contribution is 2.26. The lowest BCUT2D eigenvalue weighted by atomic mass is 9.94. The van der Waals surface area contributed by atoms with Gasteiger partial charge in [-0.15, -0.1) is 0 Å². The van der Waals surface area contributed by atoms with Gasteiger partial charge in [-0.3, -0.25) is 4.79 Å². The average Bonchev–Trinajstić information content (AvgIpc) is 2.66. The summed E-state index contributed by atoms with van der Waals surface area (Å²) in [5, 5.41) is 6.14. The summed E-state index contributed by atoms with van der Waals surface area (Å²) < 4.78 is 27.4. The smallest absolute Gasteiger partial charge is 0.251 e. The van der Waals surface area contributed by atoms with Gasteiger partial charge in [0.25, 0.3) is 5.91 Å². The minimum Gasteiger partial charge on any atom is -0.348 e. The summed E-state index contributed by atoms with van der Waals surface area (Å²) in [5.41, 5.74) is 1.69. The number of benzene rings is 1. The zero-order chi connectivity index (χ0) is 19.4. The quantitative estimate of drug-likeness (QED) is 0.753. The summed E-state index contributed by atoms with van der Waals surface area (Å²) in [6, 6.07) is 6.27. The Hall–Kier alpha value is -1.70. The van der Waals surface area contributed by atoms with Crippen molar-refractivity contribution in [3.63, 3.8) is 0 Å². The van der Waals surface area contributed by atoms with Crippen LogP contribution in [0.5, 0.6) is 0 Å². The molecule has 1 aromatic carbocycles. The highest BCUT2D eigenvalue weighted by molar-refractivity contribution is 7.89. The molecule has 1 aromatic rings. The van der Waals surface area contributed by atoms with Crippen molar-refractivity contribution in [2.45, 2.75) is 31.6 Å². The van der Waals surface area contributed by atoms with Gasteiger partial charge in [0.2, 0.25) is 10.0 Å². The number of piperidine rings is 1. The predicted molar refractivity (Wildman–Crippen MR) is 106 cm³/mol. The molecule has 2 unspecified atom stereocenters. The lowest BCUT2D eigenvalue weighted by Gasteiger charge is -2.34. The third-order valence-electron chi connectivity index (χ3n) is 5.22. The molecule has 0 radical (unpaired) electrons. The molecule has 1 amide bonds. The first kappa shape index (κ1) is 20.0. The second-order valence-corrected chi connectivity index (χ2v) is 9.73. The molecule has 27 heavy (non-hydrogen) atoms. The fraction of sp³-hybridized carbons (Fsp3) is 0.550. The van der Waals surface area contributed by atoms with Crippen LogP contribution in [-0.2, 0) is 10.0 Å². The van der Waals surface area contributed by atoms with E-state index < -0.39 is 10.0 Å². The number of carbonyl (C=O) groups is 1. The van der Waals surface area contributed by atoms with Crippen LogP contribution in [0.3, 0.4) is 0 Å². The topological polar surface area (TPSA) is 78.5 Å². The van der Waals surface area contributed by atoms with Crippen molar-refractivity contribution >= 4 is 15.9 Å². The van der Waals surface area contributed by atoms with Crippen molar-refractivity contribution in [1.82, 2.24) is 14.9 Å². The van der Waals surface area contributed by atoms with Gasteiger partial charge in [0.1, 0.15) is 0 Å². The molecule has 2 aliphatic heterocycles. The monoisotopic (exact) mass is 391 g/mol. The van der Waals surface area contributed by atoms with Gasteiger partial charge >= 0.3 is 0 Å². The molecule has 3 rings (SSSR count). The standard InChI is InChI=1S/C20H29N3O3S/c1-15-11-16(2)14-23(13-15)27(25,26)19-5-3-18(4-6-19)20(24)22-12-17-7-9-21-10-8-17/h3-7,15-16,21H,8-14H2,1-2H3,(H,22,24). The summed E-state index contributed by atoms with van der Waals surface area (Å²) in [7, 11) is -3.51. The Bertz CT molecular complexity index is 792. The van der Waals surface area contributed by atoms with Crippen LogP contribution in [0.15, 0.2) is 40.8 Å². The third-order valence-corrected chi connectivity index (χ3v) is 7.07. The highest BCUT2D eigenvalue weighted by atomic mass is 32.2. The van der Waals surface area contributed by atoms with E-state index in [0.717, 1.165) is 25.9 Å². The largest absolute Gasteiger partial charge is 0.348 e. The molecule has 2 aliphatic rings. The first-order valence-electron chi connectivity index (χ1n) is 9.63. The molecule has 0 bridgehead atoms. The van der Waals surface area contributed by atoms with Gasteiger partial charge in [-0.05, 0) is 55.5 Å². The minimum absolute atomic E-state index is 0.182. The zero-order valence-corrected chi connectivity index (χ0v) is 16.9. The van der Waals surface area contributed by atoms with Crippen LogP contribution < -0.4 is 10.6 Å². The fourth-order valence-electron chi connectivity index (χ4n) is 3.86. The number of nitrogens with one attached hydrogen (secondary N) is 2. The predicted octanol–water partition coefficient (Wildman–Crippen LogP) is 2.00. The molecule has 2 heterocycles. The SMILES string of the molecule is CC1CC(C)CN(S(=O)(=O)c2ccc(C(=O)NCC3=CCNCC3)cc2)C1. The number of hydrogen-bond acceptors (Lipinski definition) is 4. The van der Waals surface area contributed by atoms with Crippen LogP contribution in [0.1, 0.15) is 37.0 Å². The third kappa shape index (κ3) is 4.97. The first-order chi connectivity index (χ1) is 12.9. The maximum atomic E-state index is 12.9. The van der Waals surface area contributed by atoms with Crippen LogP contribution in [0.25, 0.3) is 0 Å². The zero-order valence-electron chi connectivity index (χ0n) is 16.1. The molecule has 0 aromatic heterocycles. The van der Waals surface area contributed by atoms with Gasteiger partial charge in [-0.2, -0.15) is 4.31 Å². The minimum atomic E-state index is -3.51. The second-order valence-electron chi connectivity index (χ2n) is 7.79. The van der Waals surface area contributed by atoms with E-state index in [9.17, 15) is 13.2 Å². The Labute approximate surface area is 162 Å². The number of carbonyl (C=O) groups excluding carboxylic acids is 1. The summed E-state index contributed by atoms with van der Waals surface area (Å²) in [5.74, 6) is 0.536. The summed E-state index contributed by atoms with van der Waals surface area (Å²) in [4.78, 5) is 12.6. The van der Waals surface area contributed by atoms with Gasteiger partial charge in [0.15, 0.2) is 0 Å². The summed E-state index contributed by atoms with van der Waals surface area (Å²) >= 11 is 0. The molecule has 0 spiro atoms. The van der Waals surface area contributed by atoms with Crippen molar-refractivity contribution in [3.8, 4) is 0 Å². The fourth-order valence-corrected chi connectivity index (χ4v) is 5.53. The molecular formula is C20H29N3O3S. The molecule has 6 nitrogen and oxygen atoms in total. The maximum absolute atomic E-state index is 12.9. The van der Waals surface area contributed by atoms with Crippen LogP contribution in [-0.4, -0.2) is 51.4 Å². The van der Waals surface area contributed by atoms with E-state index in [1.54, 1.807) is 16.4 Å². The van der Waals surface area contributed by atoms with Gasteiger partial charge in [0, 0.05) is 31.7 Å². The summed E-state index contributed by atoms with van der Waals surface area (Å²) in [6.07, 6.45) is 4.09. The van der Waals surface area contributed by atoms with Gasteiger partial charge in [0.05, 0.1) is 4.90 Å². The average molecular weight is 392 g/mol. The number of nitrogens with zero attached hydrogens (tertiary/aromatic N) is 1. The Balaban J connectivity index is 1.65. The van der Waals surface area contributed by atoms with Crippen molar-refractivity contribution in [3.05, 3.63) is 41.5 Å². The number of sulfonamides is 1. The Morgan fingerprint density at radius 2 is 1.85 bits per heavy atom. The first-order valence-corrected chi connectivity index (χ1v) is 11.1. The van der Waals surface area contributed by atoms with Crippen LogP contribution >= 0.6 is 0 Å². The molecule has 7 heteroatoms. The lowest BCUT2D eigenvalue weighted by molar-refractivity contribution is 0.0956. The maximum Gasteiger partial charge on any atom is 0.251 e. The Kier molecular flexibility index (Phi) is 6.34. The van der Waals surface area contributed by atoms with Crippen molar-refractivity contribution in [2.24, 2.45) is 11.8 Å². The molecule has 148 valence electrons. The van der Waals surface area contributed by atoms with Crippen molar-refractivity contribution in [2.75, 3.05) is 32.7 Å². The highest BCUT2D eigenvalue weighted by Gasteiger charge is 2.31. The van der Waals surface area contributed by atoms with Crippen molar-refractivity contribution in [1.29, 1.82) is 0 Å². The van der Waals surface area contributed by atoms with E-state index in [0.29, 0.717) is 37.0 Å². The molecular weight excluding hydrogens is 362 g/mol. The molecule has 1 fully saturated rings. The van der Waals surface area contributed by atoms with Gasteiger partial charge in [-0.1, -0.05) is 25.5 Å². The number of amides is 1. The van der Waals surface area contributed by atoms with Gasteiger partial charge in [-0.25, -0.2) is 8.42 Å². The van der Waals surface area contributed by atoms with E-state index >= 15 is 0 Å². The van der Waals surface area contributed by atoms with E-state index in [1.807, 2.05) is 0 Å². The van der Waals surface area contributed by atoms with Crippen LogP contribution in [0, 0.1) is 11.8 Å². The lowest BCUT2D eigenvalue weighted by Crippen LogP contribution is -2.42. The molecule has 1 saturated heterocycles.